The van der Waals surface area contributed by atoms with Gasteiger partial charge >= 0.3 is 0 Å². The number of carbonyl (C=O) groups is 2. The highest BCUT2D eigenvalue weighted by molar-refractivity contribution is 5.76. The fraction of sp³-hybridized carbons (Fsp3) is 0.933. The van der Waals surface area contributed by atoms with Crippen LogP contribution < -0.4 is 10.6 Å². The molecule has 2 aliphatic heterocycles. The number of hydrogen-bond acceptors (Lipinski definition) is 11. The summed E-state index contributed by atoms with van der Waals surface area (Å²) in [5, 5.41) is 68.3. The molecular formula is C30H56N2O11. The standard InChI is InChI=1S/C30H56N2O11/c1-3-5-7-9-11-17-31-21(33)15-13-19-23(35)25(37)27(39)29(41-19)43-30-28(40)26(38)24(36)20(42-30)14-16-22(34)32-18-12-10-8-6-4-2/h19-20,23-30,35-40H,3-18H2,1-2H3,(H,31,33)(H,32,34)/t19-,20-,23-,24-,25-,26+,27-,28-,29-,30?/m1/s1. The zero-order valence-corrected chi connectivity index (χ0v) is 25.8. The predicted octanol–water partition coefficient (Wildman–Crippen LogP) is 0.352. The maximum atomic E-state index is 12.3. The number of aliphatic hydroxyl groups is 6. The third-order valence-corrected chi connectivity index (χ3v) is 8.12. The van der Waals surface area contributed by atoms with E-state index in [0.29, 0.717) is 13.1 Å². The molecule has 2 heterocycles. The molecule has 0 aromatic carbocycles. The Morgan fingerprint density at radius 1 is 0.558 bits per heavy atom. The summed E-state index contributed by atoms with van der Waals surface area (Å²) in [4.78, 5) is 24.5. The van der Waals surface area contributed by atoms with Crippen LogP contribution in [0.25, 0.3) is 0 Å². The molecule has 13 nitrogen and oxygen atoms in total. The van der Waals surface area contributed by atoms with Gasteiger partial charge in [-0.25, -0.2) is 0 Å². The molecule has 252 valence electrons. The molecule has 8 N–H and O–H groups in total. The Hall–Kier alpha value is -1.42. The third kappa shape index (κ3) is 12.8. The van der Waals surface area contributed by atoms with Crippen molar-refractivity contribution in [2.24, 2.45) is 0 Å². The molecule has 1 unspecified atom stereocenters. The lowest BCUT2D eigenvalue weighted by Gasteiger charge is -2.45. The Bertz CT molecular complexity index is 729. The maximum Gasteiger partial charge on any atom is 0.220 e. The van der Waals surface area contributed by atoms with E-state index in [0.717, 1.165) is 64.2 Å². The largest absolute Gasteiger partial charge is 0.388 e. The van der Waals surface area contributed by atoms with Crippen LogP contribution in [0, 0.1) is 0 Å². The van der Waals surface area contributed by atoms with Crippen molar-refractivity contribution in [3.63, 3.8) is 0 Å². The van der Waals surface area contributed by atoms with Gasteiger partial charge in [0.15, 0.2) is 12.6 Å². The van der Waals surface area contributed by atoms with Crippen molar-refractivity contribution in [1.82, 2.24) is 10.6 Å². The van der Waals surface area contributed by atoms with Crippen molar-refractivity contribution in [2.75, 3.05) is 13.1 Å². The Kier molecular flexibility index (Phi) is 18.1. The van der Waals surface area contributed by atoms with E-state index in [-0.39, 0.29) is 37.5 Å². The Morgan fingerprint density at radius 3 is 1.30 bits per heavy atom. The average Bonchev–Trinajstić information content (AvgIpc) is 2.99. The van der Waals surface area contributed by atoms with E-state index < -0.39 is 61.4 Å². The lowest BCUT2D eigenvalue weighted by Crippen LogP contribution is -2.63. The smallest absolute Gasteiger partial charge is 0.220 e. The van der Waals surface area contributed by atoms with Gasteiger partial charge in [-0.2, -0.15) is 0 Å². The van der Waals surface area contributed by atoms with E-state index in [9.17, 15) is 40.2 Å². The number of nitrogens with one attached hydrogen (secondary N) is 2. The molecule has 0 radical (unpaired) electrons. The molecule has 2 rings (SSSR count). The van der Waals surface area contributed by atoms with Gasteiger partial charge < -0.3 is 55.5 Å². The average molecular weight is 621 g/mol. The molecule has 10 atom stereocenters. The number of unbranched alkanes of at least 4 members (excludes halogenated alkanes) is 8. The Labute approximate surface area is 255 Å². The number of amides is 2. The van der Waals surface area contributed by atoms with E-state index in [1.54, 1.807) is 0 Å². The summed E-state index contributed by atoms with van der Waals surface area (Å²) in [5.41, 5.74) is 0. The summed E-state index contributed by atoms with van der Waals surface area (Å²) >= 11 is 0. The zero-order valence-electron chi connectivity index (χ0n) is 25.8. The van der Waals surface area contributed by atoms with Crippen molar-refractivity contribution < 1.29 is 54.4 Å². The molecular weight excluding hydrogens is 564 g/mol. The summed E-state index contributed by atoms with van der Waals surface area (Å²) < 4.78 is 16.9. The van der Waals surface area contributed by atoms with Crippen LogP contribution in [0.4, 0.5) is 0 Å². The highest BCUT2D eigenvalue weighted by atomic mass is 16.8. The molecule has 0 spiro atoms. The third-order valence-electron chi connectivity index (χ3n) is 8.12. The van der Waals surface area contributed by atoms with E-state index in [1.165, 1.54) is 0 Å². The first kappa shape index (κ1) is 37.8. The van der Waals surface area contributed by atoms with Gasteiger partial charge in [0.2, 0.25) is 11.8 Å². The van der Waals surface area contributed by atoms with Crippen LogP contribution >= 0.6 is 0 Å². The quantitative estimate of drug-likeness (QED) is 0.0872. The zero-order chi connectivity index (χ0) is 31.8. The number of carbonyl (C=O) groups excluding carboxylic acids is 2. The number of ether oxygens (including phenoxy) is 3. The molecule has 43 heavy (non-hydrogen) atoms. The van der Waals surface area contributed by atoms with Gasteiger partial charge in [-0.15, -0.1) is 0 Å². The Morgan fingerprint density at radius 2 is 0.930 bits per heavy atom. The van der Waals surface area contributed by atoms with E-state index in [2.05, 4.69) is 24.5 Å². The van der Waals surface area contributed by atoms with Gasteiger partial charge in [-0.3, -0.25) is 9.59 Å². The lowest BCUT2D eigenvalue weighted by atomic mass is 9.94. The summed E-state index contributed by atoms with van der Waals surface area (Å²) in [6, 6.07) is 0. The molecule has 0 aromatic heterocycles. The minimum Gasteiger partial charge on any atom is -0.388 e. The highest BCUT2D eigenvalue weighted by Crippen LogP contribution is 2.30. The van der Waals surface area contributed by atoms with Crippen molar-refractivity contribution in [3.05, 3.63) is 0 Å². The van der Waals surface area contributed by atoms with E-state index in [1.807, 2.05) is 0 Å². The molecule has 2 fully saturated rings. The number of hydrogen-bond donors (Lipinski definition) is 8. The van der Waals surface area contributed by atoms with Gasteiger partial charge in [0.1, 0.15) is 36.6 Å². The molecule has 0 aromatic rings. The van der Waals surface area contributed by atoms with Gasteiger partial charge in [0.05, 0.1) is 12.2 Å². The highest BCUT2D eigenvalue weighted by Gasteiger charge is 2.49. The lowest BCUT2D eigenvalue weighted by molar-refractivity contribution is -0.374. The van der Waals surface area contributed by atoms with Crippen molar-refractivity contribution in [1.29, 1.82) is 0 Å². The first-order chi connectivity index (χ1) is 20.6. The Balaban J connectivity index is 1.86. The monoisotopic (exact) mass is 620 g/mol. The van der Waals surface area contributed by atoms with Crippen LogP contribution in [-0.2, 0) is 23.8 Å². The molecule has 0 saturated carbocycles. The van der Waals surface area contributed by atoms with Crippen molar-refractivity contribution in [2.45, 2.75) is 165 Å². The second kappa shape index (κ2) is 20.6. The normalized spacial score (nSPS) is 32.8. The van der Waals surface area contributed by atoms with Crippen molar-refractivity contribution >= 4 is 11.8 Å². The maximum absolute atomic E-state index is 12.3. The van der Waals surface area contributed by atoms with E-state index in [4.69, 9.17) is 14.2 Å². The topological polar surface area (TPSA) is 207 Å². The molecule has 2 saturated heterocycles. The van der Waals surface area contributed by atoms with Crippen LogP contribution in [0.3, 0.4) is 0 Å². The van der Waals surface area contributed by atoms with Crippen LogP contribution in [-0.4, -0.2) is 117 Å². The summed E-state index contributed by atoms with van der Waals surface area (Å²) in [5.74, 6) is -0.480. The minimum absolute atomic E-state index is 0.00254. The molecule has 13 heteroatoms. The first-order valence-electron chi connectivity index (χ1n) is 16.2. The van der Waals surface area contributed by atoms with Gasteiger partial charge in [0.25, 0.3) is 0 Å². The van der Waals surface area contributed by atoms with Gasteiger partial charge in [0, 0.05) is 25.9 Å². The van der Waals surface area contributed by atoms with E-state index >= 15 is 0 Å². The van der Waals surface area contributed by atoms with Crippen LogP contribution in [0.1, 0.15) is 104 Å². The van der Waals surface area contributed by atoms with Gasteiger partial charge in [-0.1, -0.05) is 65.2 Å². The second-order valence-electron chi connectivity index (χ2n) is 11.8. The summed E-state index contributed by atoms with van der Waals surface area (Å²) in [7, 11) is 0. The second-order valence-corrected chi connectivity index (χ2v) is 11.8. The summed E-state index contributed by atoms with van der Waals surface area (Å²) in [6.07, 6.45) is -4.49. The summed E-state index contributed by atoms with van der Waals surface area (Å²) in [6.45, 7) is 5.34. The molecule has 2 aliphatic rings. The predicted molar refractivity (Wildman–Crippen MR) is 156 cm³/mol. The SMILES string of the molecule is CCCCCCCNC(=O)CC[C@H]1O[C@H](OC2O[C@H](CCC(=O)NCCCCCCC)[C@@H](O)[C@H](O)[C@H]2O)[C@H](O)[C@H](O)[C@@H]1O. The first-order valence-corrected chi connectivity index (χ1v) is 16.2. The number of aliphatic hydroxyl groups excluding tert-OH is 6. The molecule has 0 bridgehead atoms. The van der Waals surface area contributed by atoms with Crippen LogP contribution in [0.2, 0.25) is 0 Å². The van der Waals surface area contributed by atoms with Crippen molar-refractivity contribution in [3.8, 4) is 0 Å². The van der Waals surface area contributed by atoms with Crippen LogP contribution in [0.5, 0.6) is 0 Å². The molecule has 2 amide bonds. The fourth-order valence-corrected chi connectivity index (χ4v) is 5.30. The molecule has 0 aliphatic carbocycles. The van der Waals surface area contributed by atoms with Crippen LogP contribution in [0.15, 0.2) is 0 Å². The minimum atomic E-state index is -1.73. The van der Waals surface area contributed by atoms with Gasteiger partial charge in [-0.05, 0) is 25.7 Å². The number of rotatable bonds is 20. The fourth-order valence-electron chi connectivity index (χ4n) is 5.30.